The Hall–Kier alpha value is -4.63. The average molecular weight is 520 g/mol. The van der Waals surface area contributed by atoms with Crippen molar-refractivity contribution in [2.45, 2.75) is 25.9 Å². The lowest BCUT2D eigenvalue weighted by Gasteiger charge is -2.23. The predicted octanol–water partition coefficient (Wildman–Crippen LogP) is 5.81. The van der Waals surface area contributed by atoms with Gasteiger partial charge in [0.15, 0.2) is 5.65 Å². The second kappa shape index (κ2) is 9.59. The number of pyridine rings is 3. The largest absolute Gasteiger partial charge is 0.489 e. The summed E-state index contributed by atoms with van der Waals surface area (Å²) in [5.74, 6) is 0.498. The normalized spacial score (nSPS) is 14.3. The number of nitrogens with one attached hydrogen (secondary N) is 3. The van der Waals surface area contributed by atoms with Crippen LogP contribution >= 0.6 is 0 Å². The molecule has 0 saturated carbocycles. The van der Waals surface area contributed by atoms with Crippen LogP contribution in [0.1, 0.15) is 18.4 Å². The first-order chi connectivity index (χ1) is 19.1. The topological polar surface area (TPSA) is 104 Å². The van der Waals surface area contributed by atoms with Gasteiger partial charge in [-0.25, -0.2) is 14.4 Å². The van der Waals surface area contributed by atoms with Crippen molar-refractivity contribution in [2.75, 3.05) is 13.1 Å². The molecule has 0 spiro atoms. The van der Waals surface area contributed by atoms with E-state index < -0.39 is 0 Å². The lowest BCUT2D eigenvalue weighted by molar-refractivity contribution is 0.162. The fourth-order valence-corrected chi connectivity index (χ4v) is 5.31. The van der Waals surface area contributed by atoms with Crippen molar-refractivity contribution in [1.82, 2.24) is 35.5 Å². The minimum absolute atomic E-state index is 0.196. The Kier molecular flexibility index (Phi) is 5.78. The van der Waals surface area contributed by atoms with Crippen LogP contribution < -0.4 is 10.1 Å². The molecule has 39 heavy (non-hydrogen) atoms. The highest BCUT2D eigenvalue weighted by molar-refractivity contribution is 5.99. The summed E-state index contributed by atoms with van der Waals surface area (Å²) in [6, 6.07) is 13.0. The summed E-state index contributed by atoms with van der Waals surface area (Å²) >= 11 is 0. The Balaban J connectivity index is 1.26. The monoisotopic (exact) mass is 519 g/mol. The number of nitrogens with zero attached hydrogens (tertiary/aromatic N) is 4. The lowest BCUT2D eigenvalue weighted by Crippen LogP contribution is -2.34. The number of aryl methyl sites for hydroxylation is 1. The van der Waals surface area contributed by atoms with Crippen LogP contribution in [0.25, 0.3) is 55.7 Å². The number of hydrogen-bond donors (Lipinski definition) is 3. The maximum atomic E-state index is 14.2. The first-order valence-corrected chi connectivity index (χ1v) is 13.0. The third kappa shape index (κ3) is 4.51. The van der Waals surface area contributed by atoms with E-state index in [0.717, 1.165) is 81.7 Å². The maximum absolute atomic E-state index is 14.2. The molecule has 1 aliphatic rings. The van der Waals surface area contributed by atoms with Gasteiger partial charge in [-0.15, -0.1) is 0 Å². The second-order valence-corrected chi connectivity index (χ2v) is 9.99. The van der Waals surface area contributed by atoms with Crippen LogP contribution in [0.4, 0.5) is 4.39 Å². The van der Waals surface area contributed by atoms with Crippen molar-refractivity contribution in [3.8, 4) is 39.4 Å². The highest BCUT2D eigenvalue weighted by Gasteiger charge is 2.17. The Labute approximate surface area is 223 Å². The molecule has 194 valence electrons. The third-order valence-electron chi connectivity index (χ3n) is 7.20. The summed E-state index contributed by atoms with van der Waals surface area (Å²) in [5.41, 5.74) is 7.36. The molecule has 0 aliphatic carbocycles. The van der Waals surface area contributed by atoms with Gasteiger partial charge >= 0.3 is 0 Å². The Morgan fingerprint density at radius 3 is 2.64 bits per heavy atom. The fraction of sp³-hybridized carbons (Fsp3) is 0.200. The Morgan fingerprint density at radius 2 is 1.77 bits per heavy atom. The van der Waals surface area contributed by atoms with Gasteiger partial charge in [-0.2, -0.15) is 5.10 Å². The van der Waals surface area contributed by atoms with E-state index >= 15 is 0 Å². The molecule has 5 aromatic heterocycles. The molecule has 1 saturated heterocycles. The molecule has 0 unspecified atom stereocenters. The summed E-state index contributed by atoms with van der Waals surface area (Å²) in [4.78, 5) is 16.9. The Morgan fingerprint density at radius 1 is 0.897 bits per heavy atom. The van der Waals surface area contributed by atoms with Crippen LogP contribution in [-0.4, -0.2) is 49.3 Å². The summed E-state index contributed by atoms with van der Waals surface area (Å²) in [7, 11) is 0. The molecule has 0 bridgehead atoms. The maximum Gasteiger partial charge on any atom is 0.181 e. The van der Waals surface area contributed by atoms with E-state index in [1.807, 2.05) is 37.4 Å². The van der Waals surface area contributed by atoms with Gasteiger partial charge in [0.2, 0.25) is 0 Å². The summed E-state index contributed by atoms with van der Waals surface area (Å²) in [6.07, 6.45) is 9.27. The number of ether oxygens (including phenoxy) is 1. The van der Waals surface area contributed by atoms with E-state index in [1.54, 1.807) is 24.7 Å². The molecular formula is C30H26FN7O. The van der Waals surface area contributed by atoms with Crippen molar-refractivity contribution in [1.29, 1.82) is 0 Å². The van der Waals surface area contributed by atoms with Gasteiger partial charge in [0.05, 0.1) is 17.6 Å². The quantitative estimate of drug-likeness (QED) is 0.266. The van der Waals surface area contributed by atoms with Crippen LogP contribution in [0.15, 0.2) is 67.3 Å². The van der Waals surface area contributed by atoms with Crippen molar-refractivity contribution in [2.24, 2.45) is 0 Å². The van der Waals surface area contributed by atoms with Crippen molar-refractivity contribution in [3.05, 3.63) is 78.6 Å². The molecule has 3 N–H and O–H groups in total. The lowest BCUT2D eigenvalue weighted by atomic mass is 10.0. The number of halogens is 1. The highest BCUT2D eigenvalue weighted by Crippen LogP contribution is 2.35. The molecule has 8 nitrogen and oxygen atoms in total. The molecule has 0 amide bonds. The second-order valence-electron chi connectivity index (χ2n) is 9.99. The van der Waals surface area contributed by atoms with Gasteiger partial charge in [0.1, 0.15) is 23.3 Å². The van der Waals surface area contributed by atoms with Crippen molar-refractivity contribution >= 4 is 22.1 Å². The zero-order valence-corrected chi connectivity index (χ0v) is 21.3. The van der Waals surface area contributed by atoms with Crippen LogP contribution in [0.3, 0.4) is 0 Å². The predicted molar refractivity (Wildman–Crippen MR) is 149 cm³/mol. The third-order valence-corrected chi connectivity index (χ3v) is 7.20. The molecule has 7 rings (SSSR count). The minimum Gasteiger partial charge on any atom is -0.489 e. The number of aromatic nitrogens is 6. The van der Waals surface area contributed by atoms with Gasteiger partial charge < -0.3 is 15.0 Å². The molecule has 6 heterocycles. The van der Waals surface area contributed by atoms with Gasteiger partial charge in [0, 0.05) is 40.5 Å². The van der Waals surface area contributed by atoms with Crippen LogP contribution in [0.2, 0.25) is 0 Å². The summed E-state index contributed by atoms with van der Waals surface area (Å²) in [6.45, 7) is 3.82. The van der Waals surface area contributed by atoms with Gasteiger partial charge in [-0.3, -0.25) is 10.1 Å². The standard InChI is InChI=1S/C30H26FN7O/c1-17-8-18(10-21(31)9-17)24-4-7-34-29-25(24)13-27(36-29)28-26-12-20(15-35-30(26)38-37-28)19-11-23(16-33-14-19)39-22-2-5-32-6-3-22/h4,7-16,22,32H,2-3,5-6H2,1H3,(H,34,36)(H,35,37,38). The van der Waals surface area contributed by atoms with E-state index in [-0.39, 0.29) is 11.9 Å². The number of fused-ring (bicyclic) bond motifs is 2. The number of hydrogen-bond acceptors (Lipinski definition) is 6. The minimum atomic E-state index is -0.261. The van der Waals surface area contributed by atoms with Crippen molar-refractivity contribution < 1.29 is 9.13 Å². The molecule has 0 radical (unpaired) electrons. The summed E-state index contributed by atoms with van der Waals surface area (Å²) in [5, 5.41) is 12.7. The van der Waals surface area contributed by atoms with Crippen LogP contribution in [0.5, 0.6) is 5.75 Å². The molecule has 0 atom stereocenters. The number of H-pyrrole nitrogens is 2. The van der Waals surface area contributed by atoms with E-state index in [2.05, 4.69) is 41.5 Å². The SMILES string of the molecule is Cc1cc(F)cc(-c2ccnc3[nH]c(-c4[nH]nc5ncc(-c6cncc(OC7CCNCC7)c6)cc45)cc23)c1. The van der Waals surface area contributed by atoms with E-state index in [0.29, 0.717) is 11.3 Å². The molecular weight excluding hydrogens is 493 g/mol. The highest BCUT2D eigenvalue weighted by atomic mass is 19.1. The Bertz CT molecular complexity index is 1800. The van der Waals surface area contributed by atoms with Crippen LogP contribution in [0, 0.1) is 12.7 Å². The number of aromatic amines is 2. The first-order valence-electron chi connectivity index (χ1n) is 13.0. The number of piperidine rings is 1. The van der Waals surface area contributed by atoms with E-state index in [9.17, 15) is 4.39 Å². The van der Waals surface area contributed by atoms with Gasteiger partial charge in [0.25, 0.3) is 0 Å². The zero-order valence-electron chi connectivity index (χ0n) is 21.3. The molecule has 9 heteroatoms. The zero-order chi connectivity index (χ0) is 26.3. The fourth-order valence-electron chi connectivity index (χ4n) is 5.31. The smallest absolute Gasteiger partial charge is 0.181 e. The number of rotatable bonds is 5. The molecule has 1 aliphatic heterocycles. The molecule has 6 aromatic rings. The number of benzene rings is 1. The molecule has 1 fully saturated rings. The van der Waals surface area contributed by atoms with E-state index in [1.165, 1.54) is 6.07 Å². The van der Waals surface area contributed by atoms with Gasteiger partial charge in [-0.05, 0) is 85.9 Å². The van der Waals surface area contributed by atoms with Gasteiger partial charge in [-0.1, -0.05) is 6.07 Å². The average Bonchev–Trinajstić information content (AvgIpc) is 3.57. The summed E-state index contributed by atoms with van der Waals surface area (Å²) < 4.78 is 20.4. The first kappa shape index (κ1) is 23.5. The van der Waals surface area contributed by atoms with Crippen molar-refractivity contribution in [3.63, 3.8) is 0 Å². The van der Waals surface area contributed by atoms with Crippen LogP contribution in [-0.2, 0) is 0 Å². The molecule has 1 aromatic carbocycles. The van der Waals surface area contributed by atoms with E-state index in [4.69, 9.17) is 4.74 Å².